The van der Waals surface area contributed by atoms with E-state index in [9.17, 15) is 0 Å². The number of alkyl halides is 2. The van der Waals surface area contributed by atoms with E-state index in [1.54, 1.807) is 0 Å². The molecule has 136 valence electrons. The van der Waals surface area contributed by atoms with E-state index in [0.717, 1.165) is 38.5 Å². The lowest BCUT2D eigenvalue weighted by Gasteiger charge is -2.05. The molecule has 3 heteroatoms. The van der Waals surface area contributed by atoms with Crippen LogP contribution in [0.15, 0.2) is 34.1 Å². The summed E-state index contributed by atoms with van der Waals surface area (Å²) in [5.74, 6) is 0. The van der Waals surface area contributed by atoms with Crippen molar-refractivity contribution in [2.75, 3.05) is 0 Å². The molecule has 27 heavy (non-hydrogen) atoms. The SMILES string of the molecule is ClC1Cc2cc3c(cc2C1)CC(SC1=Cc2cc4c(cc2C1)CC(Cl)C4)=C3. The van der Waals surface area contributed by atoms with Crippen LogP contribution in [0.5, 0.6) is 0 Å². The van der Waals surface area contributed by atoms with E-state index in [-0.39, 0.29) is 0 Å². The fourth-order valence-electron chi connectivity index (χ4n) is 5.08. The monoisotopic (exact) mass is 410 g/mol. The average Bonchev–Trinajstić information content (AvgIpc) is 3.33. The first kappa shape index (κ1) is 16.8. The molecule has 0 aromatic heterocycles. The van der Waals surface area contributed by atoms with Crippen LogP contribution in [0.25, 0.3) is 12.2 Å². The van der Waals surface area contributed by atoms with E-state index in [1.165, 1.54) is 54.3 Å². The van der Waals surface area contributed by atoms with E-state index in [2.05, 4.69) is 36.4 Å². The number of halogens is 2. The zero-order valence-electron chi connectivity index (χ0n) is 15.0. The second-order valence-corrected chi connectivity index (χ2v) is 10.8. The first-order chi connectivity index (χ1) is 13.1. The standard InChI is InChI=1S/C24H20Cl2S/c25-21-5-13-1-17-9-23(10-18(17)2-14(13)6-21)27-24-11-19-3-15-7-22(26)8-16(15)4-20(19)12-24/h1-4,9,11,21-22H,5-8,10,12H2. The fourth-order valence-corrected chi connectivity index (χ4v) is 6.91. The molecule has 0 N–H and O–H groups in total. The summed E-state index contributed by atoms with van der Waals surface area (Å²) in [5.41, 5.74) is 11.6. The average molecular weight is 411 g/mol. The van der Waals surface area contributed by atoms with Gasteiger partial charge in [-0.05, 0) is 92.2 Å². The molecule has 0 saturated heterocycles. The summed E-state index contributed by atoms with van der Waals surface area (Å²) in [6, 6.07) is 9.57. The second-order valence-electron chi connectivity index (χ2n) is 8.33. The minimum atomic E-state index is 0.290. The predicted molar refractivity (Wildman–Crippen MR) is 118 cm³/mol. The van der Waals surface area contributed by atoms with Crippen molar-refractivity contribution in [3.05, 3.63) is 78.6 Å². The molecule has 2 atom stereocenters. The van der Waals surface area contributed by atoms with Gasteiger partial charge in [0.2, 0.25) is 0 Å². The lowest BCUT2D eigenvalue weighted by molar-refractivity contribution is 0.922. The molecule has 0 amide bonds. The van der Waals surface area contributed by atoms with Crippen molar-refractivity contribution >= 4 is 47.1 Å². The third kappa shape index (κ3) is 2.90. The first-order valence-corrected chi connectivity index (χ1v) is 11.5. The Balaban J connectivity index is 1.22. The largest absolute Gasteiger partial charge is 0.122 e. The van der Waals surface area contributed by atoms with E-state index < -0.39 is 0 Å². The van der Waals surface area contributed by atoms with Gasteiger partial charge in [0.25, 0.3) is 0 Å². The molecule has 4 aliphatic carbocycles. The molecule has 0 aliphatic heterocycles. The summed E-state index contributed by atoms with van der Waals surface area (Å²) in [6.07, 6.45) is 11.0. The number of rotatable bonds is 2. The van der Waals surface area contributed by atoms with Gasteiger partial charge in [-0.3, -0.25) is 0 Å². The van der Waals surface area contributed by atoms with Crippen LogP contribution >= 0.6 is 35.0 Å². The van der Waals surface area contributed by atoms with E-state index in [0.29, 0.717) is 10.8 Å². The van der Waals surface area contributed by atoms with Gasteiger partial charge in [-0.2, -0.15) is 0 Å². The molecule has 2 aromatic carbocycles. The van der Waals surface area contributed by atoms with Crippen LogP contribution in [-0.2, 0) is 38.5 Å². The maximum absolute atomic E-state index is 6.34. The molecule has 0 spiro atoms. The van der Waals surface area contributed by atoms with Crippen molar-refractivity contribution < 1.29 is 0 Å². The van der Waals surface area contributed by atoms with Crippen molar-refractivity contribution in [2.24, 2.45) is 0 Å². The van der Waals surface area contributed by atoms with E-state index in [4.69, 9.17) is 23.2 Å². The number of benzene rings is 2. The predicted octanol–water partition coefficient (Wildman–Crippen LogP) is 6.33. The van der Waals surface area contributed by atoms with Crippen LogP contribution < -0.4 is 0 Å². The van der Waals surface area contributed by atoms with E-state index in [1.807, 2.05) is 11.8 Å². The molecule has 0 fully saturated rings. The minimum Gasteiger partial charge on any atom is -0.122 e. The maximum atomic E-state index is 6.34. The highest BCUT2D eigenvalue weighted by Crippen LogP contribution is 2.43. The topological polar surface area (TPSA) is 0 Å². The van der Waals surface area contributed by atoms with Gasteiger partial charge in [0.15, 0.2) is 0 Å². The Bertz CT molecular complexity index is 963. The Kier molecular flexibility index (Phi) is 3.84. The number of allylic oxidation sites excluding steroid dienone is 2. The normalized spacial score (nSPS) is 24.4. The number of fused-ring (bicyclic) bond motifs is 4. The Hall–Kier alpha value is -1.15. The van der Waals surface area contributed by atoms with Gasteiger partial charge in [0, 0.05) is 23.6 Å². The Morgan fingerprint density at radius 2 is 1.00 bits per heavy atom. The van der Waals surface area contributed by atoms with Crippen molar-refractivity contribution in [1.29, 1.82) is 0 Å². The highest BCUT2D eigenvalue weighted by Gasteiger charge is 2.26. The molecular formula is C24H20Cl2S. The number of thioether (sulfide) groups is 1. The van der Waals surface area contributed by atoms with Gasteiger partial charge in [-0.25, -0.2) is 0 Å². The van der Waals surface area contributed by atoms with Crippen molar-refractivity contribution in [3.63, 3.8) is 0 Å². The minimum absolute atomic E-state index is 0.290. The van der Waals surface area contributed by atoms with Crippen LogP contribution in [0, 0.1) is 0 Å². The molecule has 0 radical (unpaired) electrons. The zero-order chi connectivity index (χ0) is 18.1. The lowest BCUT2D eigenvalue weighted by atomic mass is 10.0. The smallest absolute Gasteiger partial charge is 0.0416 e. The van der Waals surface area contributed by atoms with Crippen molar-refractivity contribution in [2.45, 2.75) is 49.3 Å². The van der Waals surface area contributed by atoms with Gasteiger partial charge in [-0.1, -0.05) is 36.0 Å². The van der Waals surface area contributed by atoms with Crippen molar-refractivity contribution in [1.82, 2.24) is 0 Å². The van der Waals surface area contributed by atoms with Crippen LogP contribution in [-0.4, -0.2) is 10.8 Å². The Morgan fingerprint density at radius 3 is 1.44 bits per heavy atom. The quantitative estimate of drug-likeness (QED) is 0.521. The van der Waals surface area contributed by atoms with Gasteiger partial charge in [0.1, 0.15) is 0 Å². The van der Waals surface area contributed by atoms with Crippen LogP contribution in [0.2, 0.25) is 0 Å². The van der Waals surface area contributed by atoms with Gasteiger partial charge in [-0.15, -0.1) is 23.2 Å². The Labute approximate surface area is 174 Å². The molecule has 2 unspecified atom stereocenters. The first-order valence-electron chi connectivity index (χ1n) is 9.77. The van der Waals surface area contributed by atoms with Gasteiger partial charge in [0.05, 0.1) is 0 Å². The highest BCUT2D eigenvalue weighted by atomic mass is 35.5. The third-order valence-electron chi connectivity index (χ3n) is 6.31. The highest BCUT2D eigenvalue weighted by molar-refractivity contribution is 8.07. The van der Waals surface area contributed by atoms with E-state index >= 15 is 0 Å². The Morgan fingerprint density at radius 1 is 0.593 bits per heavy atom. The van der Waals surface area contributed by atoms with Gasteiger partial charge >= 0.3 is 0 Å². The summed E-state index contributed by atoms with van der Waals surface area (Å²) in [5, 5.41) is 0.580. The summed E-state index contributed by atoms with van der Waals surface area (Å²) in [6.45, 7) is 0. The molecular weight excluding hydrogens is 391 g/mol. The number of hydrogen-bond donors (Lipinski definition) is 0. The number of hydrogen-bond acceptors (Lipinski definition) is 1. The second kappa shape index (κ2) is 6.17. The molecule has 4 aliphatic rings. The summed E-state index contributed by atoms with van der Waals surface area (Å²) in [7, 11) is 0. The summed E-state index contributed by atoms with van der Waals surface area (Å²) in [4.78, 5) is 2.95. The zero-order valence-corrected chi connectivity index (χ0v) is 17.4. The molecule has 6 rings (SSSR count). The van der Waals surface area contributed by atoms with Crippen LogP contribution in [0.4, 0.5) is 0 Å². The molecule has 0 heterocycles. The molecule has 2 aromatic rings. The summed E-state index contributed by atoms with van der Waals surface area (Å²) >= 11 is 14.7. The lowest BCUT2D eigenvalue weighted by Crippen LogP contribution is -1.93. The fraction of sp³-hybridized carbons (Fsp3) is 0.333. The molecule has 0 nitrogen and oxygen atoms in total. The summed E-state index contributed by atoms with van der Waals surface area (Å²) < 4.78 is 0. The maximum Gasteiger partial charge on any atom is 0.0416 e. The molecule has 0 bridgehead atoms. The van der Waals surface area contributed by atoms with Gasteiger partial charge < -0.3 is 0 Å². The van der Waals surface area contributed by atoms with Crippen molar-refractivity contribution in [3.8, 4) is 0 Å². The van der Waals surface area contributed by atoms with Crippen LogP contribution in [0.3, 0.4) is 0 Å². The van der Waals surface area contributed by atoms with Crippen LogP contribution in [0.1, 0.15) is 44.5 Å². The molecule has 0 saturated carbocycles. The third-order valence-corrected chi connectivity index (χ3v) is 7.98.